The summed E-state index contributed by atoms with van der Waals surface area (Å²) >= 11 is 12.1. The van der Waals surface area contributed by atoms with Crippen LogP contribution in [0.4, 0.5) is 5.69 Å². The minimum atomic E-state index is -3.84. The van der Waals surface area contributed by atoms with E-state index >= 15 is 0 Å². The lowest BCUT2D eigenvalue weighted by molar-refractivity contribution is -0.138. The molecule has 0 bridgehead atoms. The van der Waals surface area contributed by atoms with Gasteiger partial charge in [0.1, 0.15) is 12.6 Å². The number of amides is 2. The summed E-state index contributed by atoms with van der Waals surface area (Å²) in [4.78, 5) is 27.4. The quantitative estimate of drug-likeness (QED) is 0.495. The third-order valence-corrected chi connectivity index (χ3v) is 6.59. The van der Waals surface area contributed by atoms with Gasteiger partial charge in [-0.15, -0.1) is 0 Å². The molecule has 1 atom stereocenters. The van der Waals surface area contributed by atoms with Crippen molar-refractivity contribution >= 4 is 50.7 Å². The monoisotopic (exact) mass is 513 g/mol. The van der Waals surface area contributed by atoms with Crippen LogP contribution in [0.25, 0.3) is 0 Å². The van der Waals surface area contributed by atoms with Gasteiger partial charge in [0.05, 0.1) is 11.9 Å². The van der Waals surface area contributed by atoms with Crippen molar-refractivity contribution in [3.63, 3.8) is 0 Å². The Kier molecular flexibility index (Phi) is 10.0. The molecule has 0 aliphatic rings. The zero-order chi connectivity index (χ0) is 24.6. The van der Waals surface area contributed by atoms with Crippen LogP contribution in [0.5, 0.6) is 0 Å². The second-order valence-corrected chi connectivity index (χ2v) is 10.5. The standard InChI is InChI=1S/C23H29Cl2N3O4S/c1-4-11-26-23(30)17(2)27(12-10-18-8-6-5-7-9-18)22(29)16-28(33(3,31)32)21-14-19(24)13-20(25)15-21/h5-9,13-15,17H,4,10-12,16H2,1-3H3,(H,26,30). The summed E-state index contributed by atoms with van der Waals surface area (Å²) in [6.45, 7) is 3.81. The number of sulfonamides is 1. The van der Waals surface area contributed by atoms with Gasteiger partial charge in [0.2, 0.25) is 21.8 Å². The molecule has 0 fully saturated rings. The highest BCUT2D eigenvalue weighted by Crippen LogP contribution is 2.27. The van der Waals surface area contributed by atoms with Gasteiger partial charge in [0, 0.05) is 23.1 Å². The van der Waals surface area contributed by atoms with E-state index < -0.39 is 28.5 Å². The summed E-state index contributed by atoms with van der Waals surface area (Å²) in [5.74, 6) is -0.804. The van der Waals surface area contributed by atoms with Gasteiger partial charge in [-0.1, -0.05) is 60.5 Å². The molecule has 7 nitrogen and oxygen atoms in total. The fraction of sp³-hybridized carbons (Fsp3) is 0.391. The summed E-state index contributed by atoms with van der Waals surface area (Å²) in [7, 11) is -3.84. The van der Waals surface area contributed by atoms with E-state index in [-0.39, 0.29) is 28.2 Å². The molecule has 0 saturated carbocycles. The largest absolute Gasteiger partial charge is 0.354 e. The predicted molar refractivity (Wildman–Crippen MR) is 133 cm³/mol. The van der Waals surface area contributed by atoms with E-state index in [1.165, 1.54) is 23.1 Å². The Morgan fingerprint density at radius 2 is 1.67 bits per heavy atom. The molecule has 33 heavy (non-hydrogen) atoms. The van der Waals surface area contributed by atoms with Crippen LogP contribution in [0.2, 0.25) is 10.0 Å². The van der Waals surface area contributed by atoms with Gasteiger partial charge in [-0.3, -0.25) is 13.9 Å². The minimum Gasteiger partial charge on any atom is -0.354 e. The van der Waals surface area contributed by atoms with Crippen molar-refractivity contribution in [1.82, 2.24) is 10.2 Å². The lowest BCUT2D eigenvalue weighted by atomic mass is 10.1. The Morgan fingerprint density at radius 3 is 2.21 bits per heavy atom. The third kappa shape index (κ3) is 8.21. The molecular weight excluding hydrogens is 485 g/mol. The number of nitrogens with zero attached hydrogens (tertiary/aromatic N) is 2. The molecule has 0 saturated heterocycles. The van der Waals surface area contributed by atoms with Gasteiger partial charge in [-0.25, -0.2) is 8.42 Å². The first kappa shape index (κ1) is 27.0. The molecule has 2 rings (SSSR count). The Labute approximate surface area is 205 Å². The van der Waals surface area contributed by atoms with Crippen LogP contribution in [-0.4, -0.2) is 57.1 Å². The van der Waals surface area contributed by atoms with E-state index in [1.54, 1.807) is 6.92 Å². The van der Waals surface area contributed by atoms with Gasteiger partial charge < -0.3 is 10.2 Å². The number of carbonyl (C=O) groups excluding carboxylic acids is 2. The molecule has 1 N–H and O–H groups in total. The zero-order valence-electron chi connectivity index (χ0n) is 18.9. The third-order valence-electron chi connectivity index (χ3n) is 5.02. The fourth-order valence-corrected chi connectivity index (χ4v) is 4.61. The summed E-state index contributed by atoms with van der Waals surface area (Å²) in [6.07, 6.45) is 2.27. The van der Waals surface area contributed by atoms with Gasteiger partial charge in [-0.2, -0.15) is 0 Å². The van der Waals surface area contributed by atoms with Crippen molar-refractivity contribution in [3.05, 3.63) is 64.1 Å². The molecule has 2 aromatic carbocycles. The van der Waals surface area contributed by atoms with Crippen LogP contribution >= 0.6 is 23.2 Å². The molecule has 0 aliphatic heterocycles. The molecule has 10 heteroatoms. The SMILES string of the molecule is CCCNC(=O)C(C)N(CCc1ccccc1)C(=O)CN(c1cc(Cl)cc(Cl)c1)S(C)(=O)=O. The zero-order valence-corrected chi connectivity index (χ0v) is 21.3. The predicted octanol–water partition coefficient (Wildman–Crippen LogP) is 3.75. The summed E-state index contributed by atoms with van der Waals surface area (Å²) in [5.41, 5.74) is 1.17. The number of nitrogens with one attached hydrogen (secondary N) is 1. The van der Waals surface area contributed by atoms with Gasteiger partial charge in [0.15, 0.2) is 0 Å². The number of carbonyl (C=O) groups is 2. The van der Waals surface area contributed by atoms with Gasteiger partial charge >= 0.3 is 0 Å². The van der Waals surface area contributed by atoms with E-state index in [1.807, 2.05) is 37.3 Å². The average molecular weight is 514 g/mol. The maximum absolute atomic E-state index is 13.4. The highest BCUT2D eigenvalue weighted by atomic mass is 35.5. The molecule has 0 heterocycles. The van der Waals surface area contributed by atoms with Crippen LogP contribution in [-0.2, 0) is 26.0 Å². The number of anilines is 1. The second-order valence-electron chi connectivity index (χ2n) is 7.69. The van der Waals surface area contributed by atoms with Crippen molar-refractivity contribution in [3.8, 4) is 0 Å². The lowest BCUT2D eigenvalue weighted by Crippen LogP contribution is -2.52. The average Bonchev–Trinajstić information content (AvgIpc) is 2.75. The van der Waals surface area contributed by atoms with Crippen LogP contribution in [0.3, 0.4) is 0 Å². The van der Waals surface area contributed by atoms with Gasteiger partial charge in [-0.05, 0) is 43.5 Å². The maximum atomic E-state index is 13.4. The Morgan fingerprint density at radius 1 is 1.06 bits per heavy atom. The van der Waals surface area contributed by atoms with Crippen LogP contribution < -0.4 is 9.62 Å². The normalized spacial score (nSPS) is 12.2. The first-order valence-corrected chi connectivity index (χ1v) is 13.2. The van der Waals surface area contributed by atoms with E-state index in [9.17, 15) is 18.0 Å². The molecule has 180 valence electrons. The highest BCUT2D eigenvalue weighted by Gasteiger charge is 2.29. The van der Waals surface area contributed by atoms with Crippen molar-refractivity contribution in [2.45, 2.75) is 32.7 Å². The number of hydrogen-bond donors (Lipinski definition) is 1. The van der Waals surface area contributed by atoms with Gasteiger partial charge in [0.25, 0.3) is 0 Å². The molecule has 1 unspecified atom stereocenters. The molecular formula is C23H29Cl2N3O4S. The van der Waals surface area contributed by atoms with Crippen molar-refractivity contribution in [1.29, 1.82) is 0 Å². The van der Waals surface area contributed by atoms with E-state index in [0.29, 0.717) is 13.0 Å². The Balaban J connectivity index is 2.32. The molecule has 0 radical (unpaired) electrons. The summed E-state index contributed by atoms with van der Waals surface area (Å²) < 4.78 is 26.0. The number of benzene rings is 2. The highest BCUT2D eigenvalue weighted by molar-refractivity contribution is 7.92. The fourth-order valence-electron chi connectivity index (χ4n) is 3.26. The molecule has 0 aromatic heterocycles. The van der Waals surface area contributed by atoms with Crippen molar-refractivity contribution < 1.29 is 18.0 Å². The van der Waals surface area contributed by atoms with E-state index in [0.717, 1.165) is 22.5 Å². The first-order valence-electron chi connectivity index (χ1n) is 10.6. The molecule has 0 aliphatic carbocycles. The Hall–Kier alpha value is -2.29. The van der Waals surface area contributed by atoms with Crippen LogP contribution in [0, 0.1) is 0 Å². The van der Waals surface area contributed by atoms with Crippen molar-refractivity contribution in [2.24, 2.45) is 0 Å². The van der Waals surface area contributed by atoms with Crippen LogP contribution in [0.1, 0.15) is 25.8 Å². The van der Waals surface area contributed by atoms with E-state index in [2.05, 4.69) is 5.32 Å². The first-order chi connectivity index (χ1) is 15.5. The molecule has 0 spiro atoms. The smallest absolute Gasteiger partial charge is 0.244 e. The maximum Gasteiger partial charge on any atom is 0.244 e. The molecule has 2 aromatic rings. The Bertz CT molecular complexity index is 1040. The minimum absolute atomic E-state index is 0.175. The number of hydrogen-bond acceptors (Lipinski definition) is 4. The van der Waals surface area contributed by atoms with E-state index in [4.69, 9.17) is 23.2 Å². The second kappa shape index (κ2) is 12.3. The van der Waals surface area contributed by atoms with Crippen molar-refractivity contribution in [2.75, 3.05) is 30.2 Å². The topological polar surface area (TPSA) is 86.8 Å². The number of rotatable bonds is 11. The summed E-state index contributed by atoms with van der Waals surface area (Å²) in [5, 5.41) is 3.28. The number of halogens is 2. The van der Waals surface area contributed by atoms with Crippen LogP contribution in [0.15, 0.2) is 48.5 Å². The molecule has 2 amide bonds. The summed E-state index contributed by atoms with van der Waals surface area (Å²) in [6, 6.07) is 13.1. The lowest BCUT2D eigenvalue weighted by Gasteiger charge is -2.31.